The van der Waals surface area contributed by atoms with Crippen molar-refractivity contribution in [3.8, 4) is 0 Å². The normalized spacial score (nSPS) is 15.9. The van der Waals surface area contributed by atoms with Gasteiger partial charge in [-0.2, -0.15) is 65.9 Å². The number of alkyl halides is 15. The van der Waals surface area contributed by atoms with E-state index < -0.39 is 61.8 Å². The first-order chi connectivity index (χ1) is 15.4. The molecule has 0 aromatic carbocycles. The van der Waals surface area contributed by atoms with Crippen molar-refractivity contribution in [3.05, 3.63) is 12.7 Å². The van der Waals surface area contributed by atoms with Gasteiger partial charge in [0.2, 0.25) is 0 Å². The fourth-order valence-corrected chi connectivity index (χ4v) is 1.99. The Balaban J connectivity index is 5.30. The lowest BCUT2D eigenvalue weighted by Gasteiger charge is -2.36. The van der Waals surface area contributed by atoms with E-state index in [0.717, 1.165) is 0 Å². The molecule has 210 valence electrons. The minimum absolute atomic E-state index is 0.0613. The van der Waals surface area contributed by atoms with Crippen LogP contribution in [0.15, 0.2) is 12.7 Å². The van der Waals surface area contributed by atoms with Crippen molar-refractivity contribution in [2.45, 2.75) is 74.2 Å². The molecule has 0 aliphatic rings. The molecule has 0 aliphatic carbocycles. The molecular weight excluding hydrogens is 541 g/mol. The second-order valence-corrected chi connectivity index (χ2v) is 6.78. The summed E-state index contributed by atoms with van der Waals surface area (Å²) in [6, 6.07) is 0. The van der Waals surface area contributed by atoms with Crippen LogP contribution >= 0.6 is 0 Å². The number of hydrogen-bond acceptors (Lipinski definition) is 4. The van der Waals surface area contributed by atoms with Crippen molar-refractivity contribution < 1.29 is 85.2 Å². The average Bonchev–Trinajstić information content (AvgIpc) is 2.62. The van der Waals surface area contributed by atoms with Crippen molar-refractivity contribution >= 4 is 0 Å². The van der Waals surface area contributed by atoms with Gasteiger partial charge in [0.1, 0.15) is 6.61 Å². The smallest absolute Gasteiger partial charge is 0.391 e. The first kappa shape index (κ1) is 33.5. The summed E-state index contributed by atoms with van der Waals surface area (Å²) >= 11 is 0. The van der Waals surface area contributed by atoms with Crippen molar-refractivity contribution in [3.63, 3.8) is 0 Å². The highest BCUT2D eigenvalue weighted by Crippen LogP contribution is 2.55. The van der Waals surface area contributed by atoms with E-state index in [0.29, 0.717) is 19.3 Å². The second-order valence-electron chi connectivity index (χ2n) is 6.78. The molecule has 0 heterocycles. The van der Waals surface area contributed by atoms with Gasteiger partial charge in [-0.05, 0) is 19.3 Å². The van der Waals surface area contributed by atoms with Gasteiger partial charge in [0.05, 0.1) is 12.7 Å². The van der Waals surface area contributed by atoms with Crippen molar-refractivity contribution in [1.82, 2.24) is 0 Å². The van der Waals surface area contributed by atoms with E-state index in [-0.39, 0.29) is 6.42 Å². The Kier molecular flexibility index (Phi) is 10.8. The number of aliphatic hydroxyl groups is 1. The fraction of sp³-hybridized carbons (Fsp3) is 0.875. The van der Waals surface area contributed by atoms with Gasteiger partial charge >= 0.3 is 42.5 Å². The molecule has 0 saturated carbocycles. The van der Waals surface area contributed by atoms with E-state index in [9.17, 15) is 71.0 Å². The molecule has 0 aromatic rings. The van der Waals surface area contributed by atoms with E-state index in [1.165, 1.54) is 10.8 Å². The second kappa shape index (κ2) is 11.3. The first-order valence-electron chi connectivity index (χ1n) is 8.97. The molecule has 1 N–H and O–H groups in total. The molecule has 19 heteroatoms. The van der Waals surface area contributed by atoms with Crippen molar-refractivity contribution in [2.75, 3.05) is 13.2 Å². The van der Waals surface area contributed by atoms with E-state index in [1.54, 1.807) is 0 Å². The highest BCUT2D eigenvalue weighted by atomic mass is 19.4. The number of halogens is 15. The predicted octanol–water partition coefficient (Wildman–Crippen LogP) is 6.35. The molecule has 1 atom stereocenters. The summed E-state index contributed by atoms with van der Waals surface area (Å²) < 4.78 is 201. The zero-order valence-corrected chi connectivity index (χ0v) is 16.9. The van der Waals surface area contributed by atoms with Gasteiger partial charge in [0.25, 0.3) is 0 Å². The fourth-order valence-electron chi connectivity index (χ4n) is 1.99. The molecule has 0 fully saturated rings. The Hall–Kier alpha value is -1.47. The van der Waals surface area contributed by atoms with Gasteiger partial charge in [-0.1, -0.05) is 12.5 Å². The summed E-state index contributed by atoms with van der Waals surface area (Å²) in [6.45, 7) is 0.0433. The van der Waals surface area contributed by atoms with E-state index in [2.05, 4.69) is 16.1 Å². The summed E-state index contributed by atoms with van der Waals surface area (Å²) in [7, 11) is 0. The van der Waals surface area contributed by atoms with Crippen LogP contribution < -0.4 is 0 Å². The van der Waals surface area contributed by atoms with E-state index >= 15 is 0 Å². The molecule has 0 bridgehead atoms. The lowest BCUT2D eigenvalue weighted by Crippen LogP contribution is -2.64. The average molecular weight is 558 g/mol. The lowest BCUT2D eigenvalue weighted by molar-refractivity contribution is -0.543. The maximum Gasteiger partial charge on any atom is 0.460 e. The van der Waals surface area contributed by atoms with Gasteiger partial charge in [-0.15, -0.1) is 6.58 Å². The minimum Gasteiger partial charge on any atom is -0.391 e. The maximum absolute atomic E-state index is 13.4. The molecule has 0 aromatic heterocycles. The number of hydrogen-bond donors (Lipinski definition) is 1. The number of rotatable bonds is 16. The topological polar surface area (TPSA) is 47.9 Å². The Morgan fingerprint density at radius 3 is 1.63 bits per heavy atom. The van der Waals surface area contributed by atoms with Gasteiger partial charge in [0.15, 0.2) is 0 Å². The molecule has 0 rings (SSSR count). The van der Waals surface area contributed by atoms with E-state index in [1.807, 2.05) is 0 Å². The van der Waals surface area contributed by atoms with Gasteiger partial charge < -0.3 is 9.84 Å². The quantitative estimate of drug-likeness (QED) is 0.136. The summed E-state index contributed by atoms with van der Waals surface area (Å²) in [5, 5.41) is 9.41. The number of allylic oxidation sites excluding steroid dienone is 1. The summed E-state index contributed by atoms with van der Waals surface area (Å²) in [6.07, 6.45) is -33.7. The van der Waals surface area contributed by atoms with Crippen LogP contribution in [-0.4, -0.2) is 66.9 Å². The molecule has 0 saturated heterocycles. The molecule has 0 amide bonds. The van der Waals surface area contributed by atoms with Crippen LogP contribution in [0.3, 0.4) is 0 Å². The Bertz CT molecular complexity index is 678. The van der Waals surface area contributed by atoms with Crippen LogP contribution in [-0.2, 0) is 14.2 Å². The Morgan fingerprint density at radius 1 is 0.686 bits per heavy atom. The third-order valence-electron chi connectivity index (χ3n) is 3.76. The van der Waals surface area contributed by atoms with Crippen LogP contribution in [0.25, 0.3) is 0 Å². The highest BCUT2D eigenvalue weighted by molar-refractivity contribution is 4.97. The molecule has 35 heavy (non-hydrogen) atoms. The number of aliphatic hydroxyl groups excluding tert-OH is 1. The molecule has 4 nitrogen and oxygen atoms in total. The zero-order chi connectivity index (χ0) is 28.1. The standard InChI is InChI=1S/C16H17F15O4/c1-2-3-4-5-6-9(32)7-33-8-10(17,18)34-15(28,29)16(30,31)35-14(26,27)12(21,22)11(19,20)13(23,24)25/h2,9,32H,1,3-8H2/t9-/m1/s1. The van der Waals surface area contributed by atoms with Gasteiger partial charge in [-0.25, -0.2) is 9.47 Å². The monoisotopic (exact) mass is 558 g/mol. The lowest BCUT2D eigenvalue weighted by atomic mass is 10.1. The molecule has 0 spiro atoms. The molecule has 0 radical (unpaired) electrons. The first-order valence-corrected chi connectivity index (χ1v) is 8.97. The van der Waals surface area contributed by atoms with Crippen LogP contribution in [0.2, 0.25) is 0 Å². The van der Waals surface area contributed by atoms with Gasteiger partial charge in [0, 0.05) is 0 Å². The number of unbranched alkanes of at least 4 members (excludes halogenated alkanes) is 2. The third kappa shape index (κ3) is 8.56. The predicted molar refractivity (Wildman–Crippen MR) is 83.4 cm³/mol. The Labute approximate surface area is 186 Å². The Morgan fingerprint density at radius 2 is 1.17 bits per heavy atom. The third-order valence-corrected chi connectivity index (χ3v) is 3.76. The van der Waals surface area contributed by atoms with Crippen LogP contribution in [0.1, 0.15) is 25.7 Å². The van der Waals surface area contributed by atoms with Crippen LogP contribution in [0, 0.1) is 0 Å². The minimum atomic E-state index is -7.91. The van der Waals surface area contributed by atoms with Gasteiger partial charge in [-0.3, -0.25) is 0 Å². The highest BCUT2D eigenvalue weighted by Gasteiger charge is 2.85. The van der Waals surface area contributed by atoms with Crippen molar-refractivity contribution in [1.29, 1.82) is 0 Å². The van der Waals surface area contributed by atoms with Crippen LogP contribution in [0.4, 0.5) is 65.9 Å². The summed E-state index contributed by atoms with van der Waals surface area (Å²) in [5.74, 6) is -15.7. The summed E-state index contributed by atoms with van der Waals surface area (Å²) in [5.41, 5.74) is 0. The maximum atomic E-state index is 13.4. The van der Waals surface area contributed by atoms with E-state index in [4.69, 9.17) is 0 Å². The van der Waals surface area contributed by atoms with Crippen LogP contribution in [0.5, 0.6) is 0 Å². The molecule has 0 unspecified atom stereocenters. The number of ether oxygens (including phenoxy) is 3. The SMILES string of the molecule is C=CCCCC[C@@H](O)COCC(F)(F)OC(F)(F)C(F)(F)OC(F)(F)C(F)(F)C(F)(F)C(F)(F)F. The zero-order valence-electron chi connectivity index (χ0n) is 16.9. The summed E-state index contributed by atoms with van der Waals surface area (Å²) in [4.78, 5) is 0. The van der Waals surface area contributed by atoms with Crippen molar-refractivity contribution in [2.24, 2.45) is 0 Å². The largest absolute Gasteiger partial charge is 0.460 e. The molecule has 0 aliphatic heterocycles. The molecular formula is C16H17F15O4.